The molecular formula is C33H63IO6Si2. The minimum atomic E-state index is -2.12. The van der Waals surface area contributed by atoms with Gasteiger partial charge in [-0.3, -0.25) is 0 Å². The Kier molecular flexibility index (Phi) is 15.5. The standard InChI is InChI=1S/C33H63IO6Si2/c1-22(29(37-21-36-12)23(2)19-24(3)34)17-18-27(35)20-28-25(4)30(39-41(13,14)32(6,7)8)26(5)31(38-28)40-42(15,16)33(9,10)11/h19,22-23,25-31,35H,20-21H2,1-16H3/b24-19-/t22-,23-,25-,26+,27+,28-,29-,30-,31+/m0/s1. The van der Waals surface area contributed by atoms with Gasteiger partial charge in [-0.15, -0.1) is 0 Å². The number of rotatable bonds is 12. The normalized spacial score (nSPS) is 27.6. The summed E-state index contributed by atoms with van der Waals surface area (Å²) in [5.74, 6) is 6.61. The molecule has 0 aliphatic carbocycles. The van der Waals surface area contributed by atoms with Crippen molar-refractivity contribution in [3.63, 3.8) is 0 Å². The monoisotopic (exact) mass is 738 g/mol. The van der Waals surface area contributed by atoms with Crippen molar-refractivity contribution in [1.82, 2.24) is 0 Å². The van der Waals surface area contributed by atoms with E-state index in [1.807, 2.05) is 6.92 Å². The first-order chi connectivity index (χ1) is 18.9. The van der Waals surface area contributed by atoms with E-state index in [1.165, 1.54) is 3.58 Å². The van der Waals surface area contributed by atoms with Crippen molar-refractivity contribution >= 4 is 39.2 Å². The summed E-state index contributed by atoms with van der Waals surface area (Å²) >= 11 is 2.31. The number of hydrogen-bond donors (Lipinski definition) is 1. The largest absolute Gasteiger partial charge is 0.413 e. The van der Waals surface area contributed by atoms with E-state index in [-0.39, 0.29) is 58.9 Å². The van der Waals surface area contributed by atoms with E-state index in [4.69, 9.17) is 23.1 Å². The van der Waals surface area contributed by atoms with Crippen molar-refractivity contribution in [3.8, 4) is 11.8 Å². The molecule has 1 heterocycles. The molecule has 1 N–H and O–H groups in total. The number of hydrogen-bond acceptors (Lipinski definition) is 6. The zero-order valence-corrected chi connectivity index (χ0v) is 33.7. The molecule has 0 saturated carbocycles. The second-order valence-electron chi connectivity index (χ2n) is 15.5. The maximum Gasteiger partial charge on any atom is 0.195 e. The van der Waals surface area contributed by atoms with Gasteiger partial charge in [0, 0.05) is 37.2 Å². The van der Waals surface area contributed by atoms with Crippen LogP contribution in [0.15, 0.2) is 9.66 Å². The lowest BCUT2D eigenvalue weighted by atomic mass is 9.84. The van der Waals surface area contributed by atoms with Crippen LogP contribution in [0.5, 0.6) is 0 Å². The molecule has 9 heteroatoms. The minimum Gasteiger partial charge on any atom is -0.413 e. The Balaban J connectivity index is 3.28. The van der Waals surface area contributed by atoms with Crippen LogP contribution in [-0.2, 0) is 23.1 Å². The van der Waals surface area contributed by atoms with Crippen LogP contribution < -0.4 is 0 Å². The predicted molar refractivity (Wildman–Crippen MR) is 189 cm³/mol. The summed E-state index contributed by atoms with van der Waals surface area (Å²) < 4.78 is 33.0. The summed E-state index contributed by atoms with van der Waals surface area (Å²) in [5.41, 5.74) is 0. The van der Waals surface area contributed by atoms with Gasteiger partial charge in [0.2, 0.25) is 0 Å². The summed E-state index contributed by atoms with van der Waals surface area (Å²) in [6.45, 7) is 33.5. The van der Waals surface area contributed by atoms with E-state index in [0.717, 1.165) is 0 Å². The lowest BCUT2D eigenvalue weighted by Crippen LogP contribution is -2.58. The summed E-state index contributed by atoms with van der Waals surface area (Å²) in [6, 6.07) is 0. The van der Waals surface area contributed by atoms with Crippen molar-refractivity contribution in [3.05, 3.63) is 9.66 Å². The van der Waals surface area contributed by atoms with E-state index in [2.05, 4.69) is 136 Å². The maximum atomic E-state index is 11.2. The summed E-state index contributed by atoms with van der Waals surface area (Å²) in [4.78, 5) is 0. The minimum absolute atomic E-state index is 0.0329. The third kappa shape index (κ3) is 11.5. The molecule has 0 amide bonds. The van der Waals surface area contributed by atoms with Gasteiger partial charge in [0.15, 0.2) is 22.9 Å². The molecule has 1 aliphatic rings. The van der Waals surface area contributed by atoms with Gasteiger partial charge in [-0.05, 0) is 76.3 Å². The number of allylic oxidation sites excluding steroid dienone is 1. The van der Waals surface area contributed by atoms with Gasteiger partial charge in [0.1, 0.15) is 12.9 Å². The van der Waals surface area contributed by atoms with Crippen LogP contribution in [0, 0.1) is 35.5 Å². The molecule has 0 aromatic rings. The fraction of sp³-hybridized carbons (Fsp3) is 0.879. The van der Waals surface area contributed by atoms with Crippen molar-refractivity contribution in [2.75, 3.05) is 13.9 Å². The number of methoxy groups -OCH3 is 1. The molecule has 0 spiro atoms. The van der Waals surface area contributed by atoms with Crippen LogP contribution in [0.25, 0.3) is 0 Å². The van der Waals surface area contributed by atoms with Crippen LogP contribution in [0.3, 0.4) is 0 Å². The van der Waals surface area contributed by atoms with Crippen molar-refractivity contribution in [2.24, 2.45) is 23.7 Å². The van der Waals surface area contributed by atoms with Crippen LogP contribution in [0.1, 0.15) is 82.6 Å². The predicted octanol–water partition coefficient (Wildman–Crippen LogP) is 8.75. The lowest BCUT2D eigenvalue weighted by molar-refractivity contribution is -0.235. The summed E-state index contributed by atoms with van der Waals surface area (Å²) in [5, 5.41) is 11.3. The number of halogens is 1. The van der Waals surface area contributed by atoms with Crippen molar-refractivity contribution < 1.29 is 28.2 Å². The molecule has 246 valence electrons. The molecular weight excluding hydrogens is 675 g/mol. The average Bonchev–Trinajstić information content (AvgIpc) is 2.81. The Labute approximate surface area is 274 Å². The van der Waals surface area contributed by atoms with Crippen LogP contribution in [0.2, 0.25) is 36.3 Å². The third-order valence-electron chi connectivity index (χ3n) is 9.63. The van der Waals surface area contributed by atoms with E-state index in [1.54, 1.807) is 7.11 Å². The molecule has 42 heavy (non-hydrogen) atoms. The third-order valence-corrected chi connectivity index (χ3v) is 18.9. The van der Waals surface area contributed by atoms with Gasteiger partial charge in [-0.25, -0.2) is 0 Å². The molecule has 9 atom stereocenters. The first kappa shape index (κ1) is 40.2. The zero-order chi connectivity index (χ0) is 32.8. The highest BCUT2D eigenvalue weighted by Crippen LogP contribution is 2.45. The van der Waals surface area contributed by atoms with Gasteiger partial charge in [-0.2, -0.15) is 0 Å². The van der Waals surface area contributed by atoms with E-state index < -0.39 is 29.0 Å². The zero-order valence-electron chi connectivity index (χ0n) is 29.6. The van der Waals surface area contributed by atoms with Crippen LogP contribution in [-0.4, -0.2) is 66.3 Å². The Hall–Kier alpha value is 0.224. The SMILES string of the molecule is COCO[C@@H]([C@@H](C)C#C[C@@H](O)C[C@@H]1O[C@H](O[Si](C)(C)C(C)(C)C)[C@H](C)[C@@H](O[Si](C)(C)C(C)(C)C)[C@H]1C)[C@@H](C)/C=C(/C)I. The smallest absolute Gasteiger partial charge is 0.195 e. The summed E-state index contributed by atoms with van der Waals surface area (Å²) in [6.07, 6.45) is 0.925. The number of aliphatic hydroxyl groups excluding tert-OH is 1. The Bertz CT molecular complexity index is 926. The molecule has 0 radical (unpaired) electrons. The lowest BCUT2D eigenvalue weighted by Gasteiger charge is -2.51. The Morgan fingerprint density at radius 2 is 1.48 bits per heavy atom. The Morgan fingerprint density at radius 3 is 1.95 bits per heavy atom. The molecule has 1 rings (SSSR count). The van der Waals surface area contributed by atoms with E-state index in [9.17, 15) is 5.11 Å². The number of aliphatic hydroxyl groups is 1. The van der Waals surface area contributed by atoms with Gasteiger partial charge >= 0.3 is 0 Å². The first-order valence-electron chi connectivity index (χ1n) is 15.6. The van der Waals surface area contributed by atoms with E-state index in [0.29, 0.717) is 6.42 Å². The quantitative estimate of drug-likeness (QED) is 0.0936. The average molecular weight is 739 g/mol. The van der Waals surface area contributed by atoms with Crippen LogP contribution >= 0.6 is 22.6 Å². The topological polar surface area (TPSA) is 66.4 Å². The molecule has 1 fully saturated rings. The highest BCUT2D eigenvalue weighted by Gasteiger charge is 2.50. The fourth-order valence-corrected chi connectivity index (χ4v) is 8.05. The Morgan fingerprint density at radius 1 is 0.952 bits per heavy atom. The summed E-state index contributed by atoms with van der Waals surface area (Å²) in [7, 11) is -2.56. The fourth-order valence-electron chi connectivity index (χ4n) is 4.81. The molecule has 6 nitrogen and oxygen atoms in total. The van der Waals surface area contributed by atoms with Gasteiger partial charge < -0.3 is 28.2 Å². The number of ether oxygens (including phenoxy) is 3. The highest BCUT2D eigenvalue weighted by atomic mass is 127. The maximum absolute atomic E-state index is 11.2. The van der Waals surface area contributed by atoms with Gasteiger partial charge in [0.05, 0.1) is 18.3 Å². The first-order valence-corrected chi connectivity index (χ1v) is 22.5. The molecule has 0 aromatic carbocycles. The molecule has 0 aromatic heterocycles. The molecule has 0 bridgehead atoms. The second kappa shape index (κ2) is 16.2. The molecule has 1 saturated heterocycles. The molecule has 1 aliphatic heterocycles. The second-order valence-corrected chi connectivity index (χ2v) is 26.7. The van der Waals surface area contributed by atoms with E-state index >= 15 is 0 Å². The molecule has 0 unspecified atom stereocenters. The van der Waals surface area contributed by atoms with Crippen molar-refractivity contribution in [2.45, 2.75) is 150 Å². The van der Waals surface area contributed by atoms with Gasteiger partial charge in [-0.1, -0.05) is 80.2 Å². The highest BCUT2D eigenvalue weighted by molar-refractivity contribution is 14.1. The van der Waals surface area contributed by atoms with Crippen molar-refractivity contribution in [1.29, 1.82) is 0 Å². The van der Waals surface area contributed by atoms with Gasteiger partial charge in [0.25, 0.3) is 0 Å². The van der Waals surface area contributed by atoms with Crippen LogP contribution in [0.4, 0.5) is 0 Å².